The van der Waals surface area contributed by atoms with E-state index in [9.17, 15) is 9.90 Å². The van der Waals surface area contributed by atoms with Crippen molar-refractivity contribution >= 4 is 6.09 Å². The fourth-order valence-electron chi connectivity index (χ4n) is 1.18. The van der Waals surface area contributed by atoms with Crippen LogP contribution in [0.15, 0.2) is 12.7 Å². The van der Waals surface area contributed by atoms with E-state index in [-0.39, 0.29) is 6.61 Å². The summed E-state index contributed by atoms with van der Waals surface area (Å²) in [6, 6.07) is 0. The second-order valence-electron chi connectivity index (χ2n) is 2.68. The molecule has 0 spiro atoms. The zero-order valence-corrected chi connectivity index (χ0v) is 6.90. The molecule has 1 rings (SSSR count). The summed E-state index contributed by atoms with van der Waals surface area (Å²) < 4.78 is 4.75. The van der Waals surface area contributed by atoms with Crippen LogP contribution in [-0.4, -0.2) is 35.5 Å². The minimum Gasteiger partial charge on any atom is -0.445 e. The van der Waals surface area contributed by atoms with E-state index in [1.807, 2.05) is 0 Å². The summed E-state index contributed by atoms with van der Waals surface area (Å²) in [7, 11) is 0. The average molecular weight is 171 g/mol. The van der Waals surface area contributed by atoms with Gasteiger partial charge in [-0.1, -0.05) is 12.7 Å². The quantitative estimate of drug-likeness (QED) is 0.623. The number of carbonyl (C=O) groups is 1. The predicted octanol–water partition coefficient (Wildman–Crippen LogP) is 0.723. The molecule has 68 valence electrons. The minimum absolute atomic E-state index is 0.196. The summed E-state index contributed by atoms with van der Waals surface area (Å²) in [4.78, 5) is 12.4. The van der Waals surface area contributed by atoms with Crippen LogP contribution in [0.3, 0.4) is 0 Å². The smallest absolute Gasteiger partial charge is 0.412 e. The van der Waals surface area contributed by atoms with Gasteiger partial charge in [-0.2, -0.15) is 0 Å². The molecular formula is C8H13NO3. The highest BCUT2D eigenvalue weighted by molar-refractivity contribution is 5.68. The molecular weight excluding hydrogens is 158 g/mol. The number of hydrogen-bond donors (Lipinski definition) is 1. The van der Waals surface area contributed by atoms with Gasteiger partial charge in [0.15, 0.2) is 0 Å². The third-order valence-electron chi connectivity index (χ3n) is 1.78. The number of amides is 1. The van der Waals surface area contributed by atoms with Gasteiger partial charge >= 0.3 is 6.09 Å². The molecule has 0 unspecified atom stereocenters. The van der Waals surface area contributed by atoms with Crippen LogP contribution in [0.25, 0.3) is 0 Å². The molecule has 0 aromatic carbocycles. The lowest BCUT2D eigenvalue weighted by Gasteiger charge is -2.18. The Morgan fingerprint density at radius 3 is 3.08 bits per heavy atom. The number of aliphatic hydroxyl groups excluding tert-OH is 1. The molecule has 0 aromatic rings. The number of carbonyl (C=O) groups excluding carboxylic acids is 1. The van der Waals surface area contributed by atoms with Gasteiger partial charge in [0.25, 0.3) is 0 Å². The van der Waals surface area contributed by atoms with Crippen LogP contribution in [0, 0.1) is 0 Å². The van der Waals surface area contributed by atoms with E-state index in [0.717, 1.165) is 6.42 Å². The second kappa shape index (κ2) is 4.11. The van der Waals surface area contributed by atoms with Gasteiger partial charge in [0, 0.05) is 6.54 Å². The zero-order valence-electron chi connectivity index (χ0n) is 6.90. The predicted molar refractivity (Wildman–Crippen MR) is 43.5 cm³/mol. The van der Waals surface area contributed by atoms with Crippen LogP contribution in [-0.2, 0) is 4.74 Å². The molecule has 1 fully saturated rings. The Hall–Kier alpha value is -1.03. The van der Waals surface area contributed by atoms with E-state index < -0.39 is 12.3 Å². The van der Waals surface area contributed by atoms with Crippen molar-refractivity contribution < 1.29 is 14.6 Å². The second-order valence-corrected chi connectivity index (χ2v) is 2.68. The molecule has 1 amide bonds. The Kier molecular flexibility index (Phi) is 3.10. The first-order valence-corrected chi connectivity index (χ1v) is 3.98. The van der Waals surface area contributed by atoms with Gasteiger partial charge < -0.3 is 9.84 Å². The van der Waals surface area contributed by atoms with Crippen LogP contribution in [0.4, 0.5) is 4.79 Å². The fourth-order valence-corrected chi connectivity index (χ4v) is 1.18. The highest BCUT2D eigenvalue weighted by Crippen LogP contribution is 2.15. The van der Waals surface area contributed by atoms with Crippen molar-refractivity contribution in [2.45, 2.75) is 19.1 Å². The summed E-state index contributed by atoms with van der Waals surface area (Å²) in [6.07, 6.45) is 1.86. The first-order chi connectivity index (χ1) is 5.75. The lowest BCUT2D eigenvalue weighted by molar-refractivity contribution is 0.0286. The number of ether oxygens (including phenoxy) is 1. The average Bonchev–Trinajstić information content (AvgIpc) is 2.47. The lowest BCUT2D eigenvalue weighted by Crippen LogP contribution is -2.35. The van der Waals surface area contributed by atoms with Gasteiger partial charge in [0.2, 0.25) is 0 Å². The molecule has 1 N–H and O–H groups in total. The maximum absolute atomic E-state index is 11.1. The van der Waals surface area contributed by atoms with Crippen LogP contribution >= 0.6 is 0 Å². The van der Waals surface area contributed by atoms with Crippen molar-refractivity contribution in [1.29, 1.82) is 0 Å². The van der Waals surface area contributed by atoms with Crippen LogP contribution < -0.4 is 0 Å². The monoisotopic (exact) mass is 171 g/mol. The fraction of sp³-hybridized carbons (Fsp3) is 0.625. The number of nitrogens with zero attached hydrogens (tertiary/aromatic N) is 1. The maximum Gasteiger partial charge on any atom is 0.412 e. The van der Waals surface area contributed by atoms with Crippen molar-refractivity contribution in [3.63, 3.8) is 0 Å². The Morgan fingerprint density at radius 2 is 2.58 bits per heavy atom. The van der Waals surface area contributed by atoms with Gasteiger partial charge in [-0.3, -0.25) is 4.90 Å². The van der Waals surface area contributed by atoms with Crippen molar-refractivity contribution in [3.8, 4) is 0 Å². The van der Waals surface area contributed by atoms with Gasteiger partial charge in [0.1, 0.15) is 12.8 Å². The number of aliphatic hydroxyl groups is 1. The zero-order chi connectivity index (χ0) is 8.97. The summed E-state index contributed by atoms with van der Waals surface area (Å²) in [5.41, 5.74) is 0. The number of hydrogen-bond acceptors (Lipinski definition) is 3. The first-order valence-electron chi connectivity index (χ1n) is 3.98. The Bertz CT molecular complexity index is 181. The summed E-state index contributed by atoms with van der Waals surface area (Å²) >= 11 is 0. The van der Waals surface area contributed by atoms with E-state index in [4.69, 9.17) is 4.74 Å². The van der Waals surface area contributed by atoms with Crippen molar-refractivity contribution in [1.82, 2.24) is 4.90 Å². The molecule has 0 aliphatic carbocycles. The van der Waals surface area contributed by atoms with Gasteiger partial charge in [-0.25, -0.2) is 4.79 Å². The Labute approximate surface area is 71.4 Å². The molecule has 0 aromatic heterocycles. The lowest BCUT2D eigenvalue weighted by atomic mass is 10.4. The van der Waals surface area contributed by atoms with Crippen molar-refractivity contribution in [2.75, 3.05) is 13.2 Å². The normalized spacial score (nSPS) is 22.4. The largest absolute Gasteiger partial charge is 0.445 e. The summed E-state index contributed by atoms with van der Waals surface area (Å²) in [6.45, 7) is 4.20. The van der Waals surface area contributed by atoms with E-state index in [1.165, 1.54) is 11.0 Å². The van der Waals surface area contributed by atoms with Crippen LogP contribution in [0.2, 0.25) is 0 Å². The van der Waals surface area contributed by atoms with Crippen LogP contribution in [0.5, 0.6) is 0 Å². The highest BCUT2D eigenvalue weighted by Gasteiger charge is 2.27. The topological polar surface area (TPSA) is 49.8 Å². The van der Waals surface area contributed by atoms with E-state index in [1.54, 1.807) is 0 Å². The molecule has 4 heteroatoms. The third-order valence-corrected chi connectivity index (χ3v) is 1.78. The van der Waals surface area contributed by atoms with Crippen molar-refractivity contribution in [3.05, 3.63) is 12.7 Å². The number of rotatable bonds is 2. The first kappa shape index (κ1) is 9.06. The van der Waals surface area contributed by atoms with Crippen LogP contribution in [0.1, 0.15) is 12.8 Å². The van der Waals surface area contributed by atoms with E-state index in [0.29, 0.717) is 13.0 Å². The molecule has 0 radical (unpaired) electrons. The van der Waals surface area contributed by atoms with Gasteiger partial charge in [-0.15, -0.1) is 0 Å². The molecule has 0 saturated carbocycles. The molecule has 1 aliphatic heterocycles. The summed E-state index contributed by atoms with van der Waals surface area (Å²) in [5, 5.41) is 9.26. The van der Waals surface area contributed by atoms with E-state index >= 15 is 0 Å². The maximum atomic E-state index is 11.1. The Balaban J connectivity index is 2.35. The van der Waals surface area contributed by atoms with Gasteiger partial charge in [-0.05, 0) is 12.8 Å². The molecule has 1 atom stereocenters. The molecule has 1 saturated heterocycles. The third kappa shape index (κ3) is 1.98. The minimum atomic E-state index is -0.665. The molecule has 4 nitrogen and oxygen atoms in total. The SMILES string of the molecule is C=CCOC(=O)N1CCC[C@@H]1O. The standard InChI is InChI=1S/C8H13NO3/c1-2-6-12-8(11)9-5-3-4-7(9)10/h2,7,10H,1,3-6H2/t7-/m0/s1. The molecule has 1 aliphatic rings. The molecule has 0 bridgehead atoms. The van der Waals surface area contributed by atoms with E-state index in [2.05, 4.69) is 6.58 Å². The number of likely N-dealkylation sites (tertiary alicyclic amines) is 1. The molecule has 12 heavy (non-hydrogen) atoms. The molecule has 1 heterocycles. The van der Waals surface area contributed by atoms with Gasteiger partial charge in [0.05, 0.1) is 0 Å². The summed E-state index contributed by atoms with van der Waals surface area (Å²) in [5.74, 6) is 0. The Morgan fingerprint density at radius 1 is 1.83 bits per heavy atom. The van der Waals surface area contributed by atoms with Crippen molar-refractivity contribution in [2.24, 2.45) is 0 Å². The highest BCUT2D eigenvalue weighted by atomic mass is 16.6.